The molecule has 0 saturated carbocycles. The van der Waals surface area contributed by atoms with Gasteiger partial charge < -0.3 is 10.1 Å². The fraction of sp³-hybridized carbons (Fsp3) is 0.409. The first-order valence-electron chi connectivity index (χ1n) is 10.5. The highest BCUT2D eigenvalue weighted by Gasteiger charge is 2.17. The zero-order valence-electron chi connectivity index (χ0n) is 18.4. The molecule has 1 amide bonds. The van der Waals surface area contributed by atoms with Gasteiger partial charge in [-0.2, -0.15) is 5.10 Å². The van der Waals surface area contributed by atoms with Crippen LogP contribution >= 0.6 is 23.2 Å². The second-order valence-corrected chi connectivity index (χ2v) is 8.46. The van der Waals surface area contributed by atoms with Crippen LogP contribution in [0.4, 0.5) is 0 Å². The summed E-state index contributed by atoms with van der Waals surface area (Å²) in [7, 11) is 1.69. The van der Waals surface area contributed by atoms with Gasteiger partial charge in [0.2, 0.25) is 0 Å². The zero-order chi connectivity index (χ0) is 24.0. The van der Waals surface area contributed by atoms with Gasteiger partial charge in [0, 0.05) is 36.1 Å². The number of amides is 1. The Kier molecular flexibility index (Phi) is 8.46. The number of aromatic nitrogens is 4. The molecule has 0 aliphatic heterocycles. The number of aryl methyl sites for hydroxylation is 2. The van der Waals surface area contributed by atoms with Crippen LogP contribution in [-0.2, 0) is 27.9 Å². The van der Waals surface area contributed by atoms with Gasteiger partial charge in [-0.1, -0.05) is 42.6 Å². The maximum atomic E-state index is 12.4. The molecule has 11 heteroatoms. The lowest BCUT2D eigenvalue weighted by Crippen LogP contribution is -2.32. The van der Waals surface area contributed by atoms with E-state index in [2.05, 4.69) is 15.4 Å². The minimum atomic E-state index is -0.589. The van der Waals surface area contributed by atoms with Gasteiger partial charge in [0.1, 0.15) is 5.39 Å². The number of carbonyl (C=O) groups is 2. The Labute approximate surface area is 200 Å². The normalized spacial score (nSPS) is 12.0. The molecular formula is C22H25Cl2N5O4. The molecule has 33 heavy (non-hydrogen) atoms. The second-order valence-electron chi connectivity index (χ2n) is 7.61. The van der Waals surface area contributed by atoms with Gasteiger partial charge in [-0.3, -0.25) is 23.6 Å². The summed E-state index contributed by atoms with van der Waals surface area (Å²) >= 11 is 12.3. The molecule has 1 atom stereocenters. The number of carbonyl (C=O) groups excluding carboxylic acids is 2. The SMILES string of the molecule is CCCC(CNC(=O)COC(=O)CCn1cnc2c(cnn2C)c1=O)c1ccc(Cl)cc1Cl. The Balaban J connectivity index is 1.47. The van der Waals surface area contributed by atoms with Gasteiger partial charge >= 0.3 is 5.97 Å². The number of hydrogen-bond donors (Lipinski definition) is 1. The maximum absolute atomic E-state index is 12.4. The summed E-state index contributed by atoms with van der Waals surface area (Å²) in [5.74, 6) is -0.986. The molecule has 3 aromatic rings. The molecule has 3 rings (SSSR count). The Morgan fingerprint density at radius 3 is 2.79 bits per heavy atom. The Morgan fingerprint density at radius 2 is 2.06 bits per heavy atom. The topological polar surface area (TPSA) is 108 Å². The quantitative estimate of drug-likeness (QED) is 0.434. The summed E-state index contributed by atoms with van der Waals surface area (Å²) < 4.78 is 7.86. The average molecular weight is 494 g/mol. The number of nitrogens with zero attached hydrogens (tertiary/aromatic N) is 4. The minimum Gasteiger partial charge on any atom is -0.456 e. The van der Waals surface area contributed by atoms with E-state index in [0.717, 1.165) is 18.4 Å². The van der Waals surface area contributed by atoms with Crippen molar-refractivity contribution in [2.45, 2.75) is 38.6 Å². The molecule has 0 saturated heterocycles. The fourth-order valence-electron chi connectivity index (χ4n) is 3.49. The van der Waals surface area contributed by atoms with E-state index in [4.69, 9.17) is 27.9 Å². The van der Waals surface area contributed by atoms with Gasteiger partial charge in [0.05, 0.1) is 18.9 Å². The van der Waals surface area contributed by atoms with Gasteiger partial charge in [-0.25, -0.2) is 4.98 Å². The third-order valence-corrected chi connectivity index (χ3v) is 5.79. The lowest BCUT2D eigenvalue weighted by atomic mass is 9.94. The van der Waals surface area contributed by atoms with Crippen LogP contribution in [0, 0.1) is 0 Å². The van der Waals surface area contributed by atoms with Gasteiger partial charge in [-0.15, -0.1) is 0 Å². The first kappa shape index (κ1) is 24.7. The van der Waals surface area contributed by atoms with Crippen molar-refractivity contribution < 1.29 is 14.3 Å². The lowest BCUT2D eigenvalue weighted by Gasteiger charge is -2.19. The predicted molar refractivity (Wildman–Crippen MR) is 125 cm³/mol. The molecule has 0 aliphatic rings. The van der Waals surface area contributed by atoms with E-state index < -0.39 is 18.5 Å². The Bertz CT molecular complexity index is 1210. The third-order valence-electron chi connectivity index (χ3n) is 5.22. The van der Waals surface area contributed by atoms with Crippen molar-refractivity contribution in [3.63, 3.8) is 0 Å². The summed E-state index contributed by atoms with van der Waals surface area (Å²) in [5, 5.41) is 8.26. The van der Waals surface area contributed by atoms with Crippen molar-refractivity contribution in [2.75, 3.05) is 13.2 Å². The van der Waals surface area contributed by atoms with Crippen LogP contribution in [0.15, 0.2) is 35.5 Å². The Morgan fingerprint density at radius 1 is 1.27 bits per heavy atom. The van der Waals surface area contributed by atoms with Gasteiger partial charge in [-0.05, 0) is 24.1 Å². The van der Waals surface area contributed by atoms with E-state index in [1.807, 2.05) is 13.0 Å². The van der Waals surface area contributed by atoms with Crippen LogP contribution in [0.3, 0.4) is 0 Å². The molecular weight excluding hydrogens is 469 g/mol. The molecule has 0 bridgehead atoms. The number of rotatable bonds is 10. The highest BCUT2D eigenvalue weighted by atomic mass is 35.5. The summed E-state index contributed by atoms with van der Waals surface area (Å²) in [6.45, 7) is 2.09. The average Bonchev–Trinajstić information content (AvgIpc) is 3.16. The zero-order valence-corrected chi connectivity index (χ0v) is 19.9. The van der Waals surface area contributed by atoms with E-state index in [9.17, 15) is 14.4 Å². The molecule has 9 nitrogen and oxygen atoms in total. The highest BCUT2D eigenvalue weighted by molar-refractivity contribution is 6.35. The van der Waals surface area contributed by atoms with Crippen LogP contribution in [0.2, 0.25) is 10.0 Å². The number of hydrogen-bond acceptors (Lipinski definition) is 6. The number of esters is 1. The number of fused-ring (bicyclic) bond motifs is 1. The van der Waals surface area contributed by atoms with Crippen LogP contribution in [0.1, 0.15) is 37.7 Å². The second kappa shape index (κ2) is 11.3. The molecule has 0 fully saturated rings. The summed E-state index contributed by atoms with van der Waals surface area (Å²) in [4.78, 5) is 40.8. The van der Waals surface area contributed by atoms with E-state index >= 15 is 0 Å². The molecule has 0 radical (unpaired) electrons. The number of ether oxygens (including phenoxy) is 1. The smallest absolute Gasteiger partial charge is 0.308 e. The van der Waals surface area contributed by atoms with Crippen molar-refractivity contribution in [1.29, 1.82) is 0 Å². The van der Waals surface area contributed by atoms with Crippen LogP contribution in [-0.4, -0.2) is 44.4 Å². The molecule has 2 heterocycles. The van der Waals surface area contributed by atoms with Crippen molar-refractivity contribution in [3.05, 3.63) is 56.7 Å². The van der Waals surface area contributed by atoms with Crippen molar-refractivity contribution in [2.24, 2.45) is 7.05 Å². The van der Waals surface area contributed by atoms with Crippen LogP contribution in [0.5, 0.6) is 0 Å². The molecule has 0 aliphatic carbocycles. The number of nitrogens with one attached hydrogen (secondary N) is 1. The highest BCUT2D eigenvalue weighted by Crippen LogP contribution is 2.30. The van der Waals surface area contributed by atoms with Crippen LogP contribution < -0.4 is 10.9 Å². The van der Waals surface area contributed by atoms with E-state index in [-0.39, 0.29) is 24.4 Å². The van der Waals surface area contributed by atoms with Crippen molar-refractivity contribution >= 4 is 46.1 Å². The van der Waals surface area contributed by atoms with E-state index in [0.29, 0.717) is 27.6 Å². The van der Waals surface area contributed by atoms with Gasteiger partial charge in [0.25, 0.3) is 11.5 Å². The minimum absolute atomic E-state index is 0.0150. The monoisotopic (exact) mass is 493 g/mol. The number of benzene rings is 1. The molecule has 2 aromatic heterocycles. The summed E-state index contributed by atoms with van der Waals surface area (Å²) in [6.07, 6.45) is 4.47. The van der Waals surface area contributed by atoms with Crippen molar-refractivity contribution in [1.82, 2.24) is 24.6 Å². The summed E-state index contributed by atoms with van der Waals surface area (Å²) in [5.41, 5.74) is 1.09. The van der Waals surface area contributed by atoms with Crippen molar-refractivity contribution in [3.8, 4) is 0 Å². The summed E-state index contributed by atoms with van der Waals surface area (Å²) in [6, 6.07) is 5.30. The number of halogens is 2. The van der Waals surface area contributed by atoms with E-state index in [1.54, 1.807) is 19.2 Å². The Hall–Kier alpha value is -2.91. The first-order valence-corrected chi connectivity index (χ1v) is 11.3. The predicted octanol–water partition coefficient (Wildman–Crippen LogP) is 3.07. The molecule has 0 spiro atoms. The largest absolute Gasteiger partial charge is 0.456 e. The standard InChI is InChI=1S/C22H25Cl2N5O4/c1-3-4-14(16-6-5-15(23)9-18(16)24)10-25-19(30)12-33-20(31)7-8-29-13-26-21-17(22(29)32)11-27-28(21)2/h5-6,9,11,13-14H,3-4,7-8,10,12H2,1-2H3,(H,25,30). The molecule has 1 aromatic carbocycles. The van der Waals surface area contributed by atoms with E-state index in [1.165, 1.54) is 21.8 Å². The van der Waals surface area contributed by atoms with Gasteiger partial charge in [0.15, 0.2) is 12.3 Å². The third kappa shape index (κ3) is 6.33. The molecule has 1 N–H and O–H groups in total. The molecule has 176 valence electrons. The lowest BCUT2D eigenvalue weighted by molar-refractivity contribution is -0.148. The maximum Gasteiger partial charge on any atom is 0.308 e. The van der Waals surface area contributed by atoms with Crippen LogP contribution in [0.25, 0.3) is 11.0 Å². The fourth-order valence-corrected chi connectivity index (χ4v) is 4.06. The molecule has 1 unspecified atom stereocenters. The first-order chi connectivity index (χ1) is 15.8.